The average molecular weight is 713 g/mol. The summed E-state index contributed by atoms with van der Waals surface area (Å²) in [5.41, 5.74) is 8.06. The van der Waals surface area contributed by atoms with E-state index < -0.39 is 11.5 Å². The number of nitrogens with one attached hydrogen (secondary N) is 6. The number of aromatic nitrogens is 12. The van der Waals surface area contributed by atoms with Gasteiger partial charge in [-0.2, -0.15) is 0 Å². The third-order valence-electron chi connectivity index (χ3n) is 7.74. The molecule has 8 aromatic heterocycles. The molecule has 0 unspecified atom stereocenters. The van der Waals surface area contributed by atoms with Crippen LogP contribution in [0.15, 0.2) is 65.2 Å². The van der Waals surface area contributed by atoms with E-state index >= 15 is 0 Å². The minimum atomic E-state index is -0.489. The van der Waals surface area contributed by atoms with Gasteiger partial charge in [-0.3, -0.25) is 19.9 Å². The monoisotopic (exact) mass is 712 g/mol. The SMILES string of the molecule is CC(C)c1ccnc2[nH]c(=O)[nH]c12.CC(C)c1ccnc2[nH]c(=O)oc12.CC(C)c1ncnc2[nH]c(=O)[nH]c12.CC(C)c1ncnc2[nH]c(=O)oc12. The highest BCUT2D eigenvalue weighted by atomic mass is 16.4. The molecule has 0 radical (unpaired) electrons. The predicted molar refractivity (Wildman–Crippen MR) is 195 cm³/mol. The highest BCUT2D eigenvalue weighted by Gasteiger charge is 2.13. The first kappa shape index (κ1) is 36.8. The molecule has 0 saturated heterocycles. The minimum Gasteiger partial charge on any atom is -0.406 e. The highest BCUT2D eigenvalue weighted by Crippen LogP contribution is 2.22. The van der Waals surface area contributed by atoms with Crippen LogP contribution in [0, 0.1) is 0 Å². The van der Waals surface area contributed by atoms with E-state index in [2.05, 4.69) is 73.7 Å². The third kappa shape index (κ3) is 8.28. The maximum atomic E-state index is 11.0. The van der Waals surface area contributed by atoms with Crippen molar-refractivity contribution in [1.82, 2.24) is 59.8 Å². The summed E-state index contributed by atoms with van der Waals surface area (Å²) in [5, 5.41) is 0. The second-order valence-electron chi connectivity index (χ2n) is 12.9. The van der Waals surface area contributed by atoms with Gasteiger partial charge in [0.1, 0.15) is 18.2 Å². The van der Waals surface area contributed by atoms with Gasteiger partial charge in [-0.15, -0.1) is 0 Å². The van der Waals surface area contributed by atoms with Crippen LogP contribution < -0.4 is 22.9 Å². The van der Waals surface area contributed by atoms with E-state index in [1.807, 2.05) is 53.7 Å². The molecule has 0 aromatic carbocycles. The Balaban J connectivity index is 0.000000134. The Morgan fingerprint density at radius 1 is 0.462 bits per heavy atom. The number of hydrogen-bond acceptors (Lipinski definition) is 12. The van der Waals surface area contributed by atoms with Crippen LogP contribution in [-0.2, 0) is 0 Å². The Morgan fingerprint density at radius 3 is 1.50 bits per heavy atom. The number of nitrogens with zero attached hydrogens (tertiary/aromatic N) is 6. The molecule has 0 fully saturated rings. The minimum absolute atomic E-state index is 0.199. The molecule has 0 atom stereocenters. The van der Waals surface area contributed by atoms with Crippen molar-refractivity contribution < 1.29 is 8.83 Å². The number of pyridine rings is 2. The second kappa shape index (κ2) is 15.6. The Morgan fingerprint density at radius 2 is 0.923 bits per heavy atom. The fraction of sp³-hybridized carbons (Fsp3) is 0.353. The molecule has 0 aliphatic rings. The molecule has 8 heterocycles. The van der Waals surface area contributed by atoms with E-state index in [-0.39, 0.29) is 23.2 Å². The smallest absolute Gasteiger partial charge is 0.406 e. The van der Waals surface area contributed by atoms with Crippen LogP contribution in [0.25, 0.3) is 44.8 Å². The van der Waals surface area contributed by atoms with Crippen molar-refractivity contribution in [2.75, 3.05) is 0 Å². The summed E-state index contributed by atoms with van der Waals surface area (Å²) in [6, 6.07) is 3.79. The van der Waals surface area contributed by atoms with Gasteiger partial charge >= 0.3 is 22.9 Å². The van der Waals surface area contributed by atoms with Gasteiger partial charge in [0.2, 0.25) is 0 Å². The number of imidazole rings is 2. The van der Waals surface area contributed by atoms with E-state index in [1.54, 1.807) is 12.4 Å². The van der Waals surface area contributed by atoms with Gasteiger partial charge in [0.05, 0.1) is 16.9 Å². The number of fused-ring (bicyclic) bond motifs is 4. The number of rotatable bonds is 4. The molecule has 52 heavy (non-hydrogen) atoms. The molecule has 272 valence electrons. The number of aromatic amines is 6. The van der Waals surface area contributed by atoms with Crippen LogP contribution in [0.2, 0.25) is 0 Å². The summed E-state index contributed by atoms with van der Waals surface area (Å²) < 4.78 is 9.91. The molecule has 0 amide bonds. The second-order valence-corrected chi connectivity index (χ2v) is 12.9. The predicted octanol–water partition coefficient (Wildman–Crippen LogP) is 4.82. The van der Waals surface area contributed by atoms with Crippen LogP contribution >= 0.6 is 0 Å². The summed E-state index contributed by atoms with van der Waals surface area (Å²) in [6.45, 7) is 16.3. The van der Waals surface area contributed by atoms with Gasteiger partial charge in [0, 0.05) is 18.0 Å². The van der Waals surface area contributed by atoms with Crippen LogP contribution in [0.4, 0.5) is 0 Å². The number of hydrogen-bond donors (Lipinski definition) is 6. The molecule has 0 spiro atoms. The summed E-state index contributed by atoms with van der Waals surface area (Å²) in [6.07, 6.45) is 6.26. The lowest BCUT2D eigenvalue weighted by molar-refractivity contribution is 0.547. The number of H-pyrrole nitrogens is 6. The first-order valence-corrected chi connectivity index (χ1v) is 16.5. The highest BCUT2D eigenvalue weighted by molar-refractivity contribution is 5.75. The molecule has 0 saturated carbocycles. The van der Waals surface area contributed by atoms with Crippen LogP contribution in [0.3, 0.4) is 0 Å². The Labute approximate surface area is 294 Å². The van der Waals surface area contributed by atoms with E-state index in [0.29, 0.717) is 51.1 Å². The Hall–Kier alpha value is -6.46. The lowest BCUT2D eigenvalue weighted by atomic mass is 10.0. The maximum Gasteiger partial charge on any atom is 0.418 e. The van der Waals surface area contributed by atoms with Gasteiger partial charge < -0.3 is 18.8 Å². The van der Waals surface area contributed by atoms with Gasteiger partial charge in [0.15, 0.2) is 33.8 Å². The summed E-state index contributed by atoms with van der Waals surface area (Å²) in [7, 11) is 0. The molecule has 0 bridgehead atoms. The lowest BCUT2D eigenvalue weighted by Gasteiger charge is -2.04. The van der Waals surface area contributed by atoms with Crippen molar-refractivity contribution >= 4 is 44.8 Å². The molecular weight excluding hydrogens is 672 g/mol. The van der Waals surface area contributed by atoms with Gasteiger partial charge in [0.25, 0.3) is 0 Å². The zero-order chi connectivity index (χ0) is 37.7. The first-order valence-electron chi connectivity index (χ1n) is 16.5. The Kier molecular flexibility index (Phi) is 11.1. The zero-order valence-corrected chi connectivity index (χ0v) is 29.9. The van der Waals surface area contributed by atoms with Crippen LogP contribution in [0.5, 0.6) is 0 Å². The third-order valence-corrected chi connectivity index (χ3v) is 7.74. The standard InChI is InChI=1S/C9H11N3O.C9H10N2O2.C8H10N4O.C8H9N3O2/c1-5(2)6-3-4-10-8-7(6)11-9(13)12-8;1-5(2)6-3-4-10-8-7(6)13-9(12)11-8;1-4(2)5-6-7(10-3-9-5)12-8(13)11-6;1-4(2)5-6-7(10-3-9-5)11-8(12)13-6/h3-5H,1-2H3,(H2,10,11,12,13);3-5H,1-2H3,(H,10,11,12);3-4H,1-2H3,(H2,9,10,11,12,13);3-4H,1-2H3,(H,9,10,11,12). The molecule has 8 aromatic rings. The molecule has 0 aliphatic heterocycles. The van der Waals surface area contributed by atoms with Gasteiger partial charge in [-0.05, 0) is 41.4 Å². The molecule has 8 rings (SSSR count). The van der Waals surface area contributed by atoms with Crippen molar-refractivity contribution in [2.24, 2.45) is 0 Å². The van der Waals surface area contributed by atoms with E-state index in [1.165, 1.54) is 12.7 Å². The fourth-order valence-corrected chi connectivity index (χ4v) is 5.28. The quantitative estimate of drug-likeness (QED) is 0.143. The fourth-order valence-electron chi connectivity index (χ4n) is 5.28. The Bertz CT molecular complexity index is 2300. The topological polar surface area (TPSA) is 267 Å². The zero-order valence-electron chi connectivity index (χ0n) is 29.9. The molecule has 18 nitrogen and oxygen atoms in total. The van der Waals surface area contributed by atoms with Crippen molar-refractivity contribution in [2.45, 2.75) is 79.1 Å². The summed E-state index contributed by atoms with van der Waals surface area (Å²) >= 11 is 0. The number of oxazole rings is 2. The molecule has 18 heteroatoms. The largest absolute Gasteiger partial charge is 0.418 e. The summed E-state index contributed by atoms with van der Waals surface area (Å²) in [5.74, 6) is 0.260. The van der Waals surface area contributed by atoms with E-state index in [0.717, 1.165) is 28.0 Å². The normalized spacial score (nSPS) is 11.3. The van der Waals surface area contributed by atoms with Crippen molar-refractivity contribution in [3.63, 3.8) is 0 Å². The first-order chi connectivity index (χ1) is 24.7. The van der Waals surface area contributed by atoms with Crippen molar-refractivity contribution in [3.05, 3.63) is 102 Å². The van der Waals surface area contributed by atoms with Crippen molar-refractivity contribution in [1.29, 1.82) is 0 Å². The lowest BCUT2D eigenvalue weighted by Crippen LogP contribution is -2.00. The molecule has 6 N–H and O–H groups in total. The van der Waals surface area contributed by atoms with Gasteiger partial charge in [-0.25, -0.2) is 49.1 Å². The molecular formula is C34H40N12O6. The molecule has 0 aliphatic carbocycles. The van der Waals surface area contributed by atoms with Crippen LogP contribution in [0.1, 0.15) is 102 Å². The van der Waals surface area contributed by atoms with Crippen molar-refractivity contribution in [3.8, 4) is 0 Å². The van der Waals surface area contributed by atoms with E-state index in [9.17, 15) is 19.2 Å². The van der Waals surface area contributed by atoms with Gasteiger partial charge in [-0.1, -0.05) is 55.4 Å². The van der Waals surface area contributed by atoms with Crippen LogP contribution in [-0.4, -0.2) is 59.8 Å². The van der Waals surface area contributed by atoms with E-state index in [4.69, 9.17) is 8.83 Å². The summed E-state index contributed by atoms with van der Waals surface area (Å²) in [4.78, 5) is 83.5. The average Bonchev–Trinajstić information content (AvgIpc) is 3.86. The maximum absolute atomic E-state index is 11.0.